The van der Waals surface area contributed by atoms with Crippen molar-refractivity contribution in [2.75, 3.05) is 6.54 Å². The van der Waals surface area contributed by atoms with Gasteiger partial charge in [-0.05, 0) is 36.6 Å². The fourth-order valence-electron chi connectivity index (χ4n) is 1.91. The molecule has 0 saturated carbocycles. The molecular weight excluding hydrogens is 184 g/mol. The Morgan fingerprint density at radius 1 is 1.40 bits per heavy atom. The van der Waals surface area contributed by atoms with E-state index in [1.165, 1.54) is 17.5 Å². The second-order valence-electron chi connectivity index (χ2n) is 4.15. The van der Waals surface area contributed by atoms with E-state index in [2.05, 4.69) is 44.1 Å². The van der Waals surface area contributed by atoms with E-state index < -0.39 is 0 Å². The lowest BCUT2D eigenvalue weighted by Crippen LogP contribution is -2.27. The zero-order valence-corrected chi connectivity index (χ0v) is 10.2. The molecule has 0 radical (unpaired) electrons. The van der Waals surface area contributed by atoms with Crippen LogP contribution >= 0.6 is 0 Å². The molecule has 1 N–H and O–H groups in total. The molecule has 15 heavy (non-hydrogen) atoms. The van der Waals surface area contributed by atoms with Crippen LogP contribution in [0.1, 0.15) is 44.4 Å². The molecule has 2 atom stereocenters. The Kier molecular flexibility index (Phi) is 4.76. The maximum Gasteiger partial charge on any atom is 0.0349 e. The lowest BCUT2D eigenvalue weighted by atomic mass is 9.91. The lowest BCUT2D eigenvalue weighted by Gasteiger charge is -2.25. The lowest BCUT2D eigenvalue weighted by molar-refractivity contribution is 0.382. The molecule has 0 spiro atoms. The highest BCUT2D eigenvalue weighted by molar-refractivity contribution is 5.25. The zero-order chi connectivity index (χ0) is 11.3. The summed E-state index contributed by atoms with van der Waals surface area (Å²) in [6.07, 6.45) is 5.02. The number of pyridine rings is 1. The summed E-state index contributed by atoms with van der Waals surface area (Å²) in [5.41, 5.74) is 2.67. The Bertz CT molecular complexity index is 296. The quantitative estimate of drug-likeness (QED) is 0.800. The van der Waals surface area contributed by atoms with E-state index in [4.69, 9.17) is 0 Å². The standard InChI is InChI=1S/C13H22N2/c1-5-10(3)13(15-6-2)12-7-8-14-9-11(12)4/h7-10,13,15H,5-6H2,1-4H3. The maximum atomic E-state index is 4.14. The molecule has 0 aliphatic heterocycles. The minimum Gasteiger partial charge on any atom is -0.310 e. The molecule has 0 bridgehead atoms. The molecule has 84 valence electrons. The summed E-state index contributed by atoms with van der Waals surface area (Å²) in [6.45, 7) is 9.84. The number of hydrogen-bond donors (Lipinski definition) is 1. The van der Waals surface area contributed by atoms with Crippen LogP contribution in [0.5, 0.6) is 0 Å². The summed E-state index contributed by atoms with van der Waals surface area (Å²) in [7, 11) is 0. The smallest absolute Gasteiger partial charge is 0.0349 e. The van der Waals surface area contributed by atoms with Crippen LogP contribution in [0.25, 0.3) is 0 Å². The average molecular weight is 206 g/mol. The van der Waals surface area contributed by atoms with Crippen molar-refractivity contribution in [3.8, 4) is 0 Å². The first-order valence-electron chi connectivity index (χ1n) is 5.84. The van der Waals surface area contributed by atoms with E-state index in [1.54, 1.807) is 0 Å². The van der Waals surface area contributed by atoms with Crippen molar-refractivity contribution in [3.63, 3.8) is 0 Å². The van der Waals surface area contributed by atoms with Gasteiger partial charge >= 0.3 is 0 Å². The number of aromatic nitrogens is 1. The molecule has 1 aromatic heterocycles. The van der Waals surface area contributed by atoms with Crippen LogP contribution < -0.4 is 5.32 Å². The fourth-order valence-corrected chi connectivity index (χ4v) is 1.91. The highest BCUT2D eigenvalue weighted by atomic mass is 14.9. The Morgan fingerprint density at radius 3 is 2.67 bits per heavy atom. The van der Waals surface area contributed by atoms with Gasteiger partial charge in [-0.15, -0.1) is 0 Å². The molecular formula is C13H22N2. The molecule has 0 aliphatic rings. The van der Waals surface area contributed by atoms with Gasteiger partial charge in [-0.1, -0.05) is 27.2 Å². The van der Waals surface area contributed by atoms with Gasteiger partial charge in [0.15, 0.2) is 0 Å². The van der Waals surface area contributed by atoms with E-state index in [0.717, 1.165) is 6.54 Å². The van der Waals surface area contributed by atoms with Gasteiger partial charge in [-0.3, -0.25) is 4.98 Å². The van der Waals surface area contributed by atoms with E-state index >= 15 is 0 Å². The third kappa shape index (κ3) is 3.03. The molecule has 2 nitrogen and oxygen atoms in total. The van der Waals surface area contributed by atoms with Crippen molar-refractivity contribution in [2.45, 2.75) is 40.2 Å². The highest BCUT2D eigenvalue weighted by Crippen LogP contribution is 2.26. The van der Waals surface area contributed by atoms with E-state index in [1.807, 2.05) is 12.4 Å². The average Bonchev–Trinajstić information content (AvgIpc) is 2.26. The van der Waals surface area contributed by atoms with Crippen molar-refractivity contribution < 1.29 is 0 Å². The molecule has 0 aromatic carbocycles. The summed E-state index contributed by atoms with van der Waals surface area (Å²) in [4.78, 5) is 4.14. The van der Waals surface area contributed by atoms with Crippen LogP contribution in [0, 0.1) is 12.8 Å². The van der Waals surface area contributed by atoms with Gasteiger partial charge in [0.25, 0.3) is 0 Å². The number of nitrogens with one attached hydrogen (secondary N) is 1. The molecule has 1 aromatic rings. The van der Waals surface area contributed by atoms with E-state index in [0.29, 0.717) is 12.0 Å². The normalized spacial score (nSPS) is 14.9. The Hall–Kier alpha value is -0.890. The van der Waals surface area contributed by atoms with Gasteiger partial charge in [0, 0.05) is 18.4 Å². The van der Waals surface area contributed by atoms with Crippen molar-refractivity contribution in [1.29, 1.82) is 0 Å². The Labute approximate surface area is 93.1 Å². The zero-order valence-electron chi connectivity index (χ0n) is 10.2. The number of nitrogens with zero attached hydrogens (tertiary/aromatic N) is 1. The molecule has 0 saturated heterocycles. The summed E-state index contributed by atoms with van der Waals surface area (Å²) in [5.74, 6) is 0.658. The second-order valence-corrected chi connectivity index (χ2v) is 4.15. The fraction of sp³-hybridized carbons (Fsp3) is 0.615. The van der Waals surface area contributed by atoms with Gasteiger partial charge < -0.3 is 5.32 Å². The van der Waals surface area contributed by atoms with Crippen LogP contribution in [0.3, 0.4) is 0 Å². The Balaban J connectivity index is 2.93. The first-order chi connectivity index (χ1) is 7.20. The molecule has 2 unspecified atom stereocenters. The van der Waals surface area contributed by atoms with Gasteiger partial charge in [0.05, 0.1) is 0 Å². The van der Waals surface area contributed by atoms with Gasteiger partial charge in [-0.2, -0.15) is 0 Å². The predicted octanol–water partition coefficient (Wildman–Crippen LogP) is 3.09. The third-order valence-corrected chi connectivity index (χ3v) is 3.04. The molecule has 2 heteroatoms. The van der Waals surface area contributed by atoms with E-state index in [-0.39, 0.29) is 0 Å². The topological polar surface area (TPSA) is 24.9 Å². The minimum atomic E-state index is 0.461. The van der Waals surface area contributed by atoms with Crippen molar-refractivity contribution in [2.24, 2.45) is 5.92 Å². The van der Waals surface area contributed by atoms with Crippen LogP contribution in [0.15, 0.2) is 18.5 Å². The second kappa shape index (κ2) is 5.86. The number of rotatable bonds is 5. The number of aryl methyl sites for hydroxylation is 1. The summed E-state index contributed by atoms with van der Waals surface area (Å²) in [6, 6.07) is 2.59. The molecule has 1 heterocycles. The minimum absolute atomic E-state index is 0.461. The van der Waals surface area contributed by atoms with Crippen LogP contribution in [-0.2, 0) is 0 Å². The SMILES string of the molecule is CCNC(c1ccncc1C)C(C)CC. The van der Waals surface area contributed by atoms with Gasteiger partial charge in [0.1, 0.15) is 0 Å². The monoisotopic (exact) mass is 206 g/mol. The summed E-state index contributed by atoms with van der Waals surface area (Å²) in [5, 5.41) is 3.56. The summed E-state index contributed by atoms with van der Waals surface area (Å²) < 4.78 is 0. The maximum absolute atomic E-state index is 4.14. The largest absolute Gasteiger partial charge is 0.310 e. The van der Waals surface area contributed by atoms with Crippen LogP contribution in [-0.4, -0.2) is 11.5 Å². The van der Waals surface area contributed by atoms with E-state index in [9.17, 15) is 0 Å². The van der Waals surface area contributed by atoms with Gasteiger partial charge in [-0.25, -0.2) is 0 Å². The first kappa shape index (κ1) is 12.2. The van der Waals surface area contributed by atoms with Gasteiger partial charge in [0.2, 0.25) is 0 Å². The molecule has 1 rings (SSSR count). The molecule has 0 aliphatic carbocycles. The highest BCUT2D eigenvalue weighted by Gasteiger charge is 2.18. The number of hydrogen-bond acceptors (Lipinski definition) is 2. The first-order valence-corrected chi connectivity index (χ1v) is 5.84. The molecule has 0 fully saturated rings. The van der Waals surface area contributed by atoms with Crippen molar-refractivity contribution in [1.82, 2.24) is 10.3 Å². The van der Waals surface area contributed by atoms with Crippen molar-refractivity contribution in [3.05, 3.63) is 29.6 Å². The molecule has 0 amide bonds. The van der Waals surface area contributed by atoms with Crippen molar-refractivity contribution >= 4 is 0 Å². The van der Waals surface area contributed by atoms with Crippen LogP contribution in [0.4, 0.5) is 0 Å². The van der Waals surface area contributed by atoms with Crippen LogP contribution in [0.2, 0.25) is 0 Å². The Morgan fingerprint density at radius 2 is 2.13 bits per heavy atom. The third-order valence-electron chi connectivity index (χ3n) is 3.04. The predicted molar refractivity (Wildman–Crippen MR) is 64.8 cm³/mol. The summed E-state index contributed by atoms with van der Waals surface area (Å²) >= 11 is 0.